The zero-order valence-corrected chi connectivity index (χ0v) is 11.6. The predicted octanol–water partition coefficient (Wildman–Crippen LogP) is 2.98. The standard InChI is InChI=1S/C12H11ClFNO3S/c1-15(10-4-2-3-9(14)7-10)19(16,17)12-6-5-11(8-13)18-12/h2-7H,8H2,1H3. The summed E-state index contributed by atoms with van der Waals surface area (Å²) in [4.78, 5) is 0. The number of furan rings is 1. The van der Waals surface area contributed by atoms with Crippen LogP contribution in [0, 0.1) is 5.82 Å². The maximum absolute atomic E-state index is 13.1. The quantitative estimate of drug-likeness (QED) is 0.816. The van der Waals surface area contributed by atoms with Gasteiger partial charge in [0.1, 0.15) is 11.6 Å². The number of anilines is 1. The van der Waals surface area contributed by atoms with E-state index >= 15 is 0 Å². The van der Waals surface area contributed by atoms with Gasteiger partial charge in [0.25, 0.3) is 10.0 Å². The van der Waals surface area contributed by atoms with Gasteiger partial charge in [-0.2, -0.15) is 8.42 Å². The molecule has 0 aliphatic carbocycles. The van der Waals surface area contributed by atoms with E-state index in [1.807, 2.05) is 0 Å². The van der Waals surface area contributed by atoms with Gasteiger partial charge in [0.2, 0.25) is 5.09 Å². The first-order valence-electron chi connectivity index (χ1n) is 5.34. The third-order valence-electron chi connectivity index (χ3n) is 2.56. The van der Waals surface area contributed by atoms with Crippen molar-refractivity contribution in [1.82, 2.24) is 0 Å². The van der Waals surface area contributed by atoms with E-state index in [9.17, 15) is 12.8 Å². The van der Waals surface area contributed by atoms with Gasteiger partial charge in [0.05, 0.1) is 11.6 Å². The topological polar surface area (TPSA) is 50.5 Å². The molecule has 0 amide bonds. The van der Waals surface area contributed by atoms with Crippen molar-refractivity contribution in [3.63, 3.8) is 0 Å². The summed E-state index contributed by atoms with van der Waals surface area (Å²) < 4.78 is 43.7. The Morgan fingerprint density at radius 3 is 2.63 bits per heavy atom. The van der Waals surface area contributed by atoms with Crippen molar-refractivity contribution in [2.75, 3.05) is 11.4 Å². The molecule has 0 saturated carbocycles. The highest BCUT2D eigenvalue weighted by Crippen LogP contribution is 2.24. The van der Waals surface area contributed by atoms with E-state index in [0.717, 1.165) is 10.4 Å². The third-order valence-corrected chi connectivity index (χ3v) is 4.48. The van der Waals surface area contributed by atoms with Gasteiger partial charge in [-0.25, -0.2) is 4.39 Å². The average molecular weight is 304 g/mol. The van der Waals surface area contributed by atoms with Crippen LogP contribution in [0.1, 0.15) is 5.76 Å². The fourth-order valence-corrected chi connectivity index (χ4v) is 2.77. The van der Waals surface area contributed by atoms with E-state index in [1.165, 1.54) is 37.4 Å². The molecule has 4 nitrogen and oxygen atoms in total. The van der Waals surface area contributed by atoms with E-state index in [-0.39, 0.29) is 16.7 Å². The van der Waals surface area contributed by atoms with Gasteiger partial charge < -0.3 is 4.42 Å². The molecule has 2 aromatic rings. The predicted molar refractivity (Wildman–Crippen MR) is 70.3 cm³/mol. The lowest BCUT2D eigenvalue weighted by atomic mass is 10.3. The molecule has 2 rings (SSSR count). The summed E-state index contributed by atoms with van der Waals surface area (Å²) in [6, 6.07) is 8.10. The number of hydrogen-bond acceptors (Lipinski definition) is 3. The monoisotopic (exact) mass is 303 g/mol. The van der Waals surface area contributed by atoms with Gasteiger partial charge in [-0.05, 0) is 30.3 Å². The molecule has 7 heteroatoms. The van der Waals surface area contributed by atoms with Gasteiger partial charge in [0.15, 0.2) is 0 Å². The Labute approximate surface area is 115 Å². The molecule has 19 heavy (non-hydrogen) atoms. The Morgan fingerprint density at radius 1 is 1.32 bits per heavy atom. The SMILES string of the molecule is CN(c1cccc(F)c1)S(=O)(=O)c1ccc(CCl)o1. The van der Waals surface area contributed by atoms with Crippen LogP contribution >= 0.6 is 11.6 Å². The molecule has 0 atom stereocenters. The first kappa shape index (κ1) is 13.9. The highest BCUT2D eigenvalue weighted by atomic mass is 35.5. The van der Waals surface area contributed by atoms with Gasteiger partial charge in [-0.15, -0.1) is 11.6 Å². The second-order valence-electron chi connectivity index (χ2n) is 3.81. The van der Waals surface area contributed by atoms with Crippen molar-refractivity contribution in [2.24, 2.45) is 0 Å². The summed E-state index contributed by atoms with van der Waals surface area (Å²) >= 11 is 5.56. The summed E-state index contributed by atoms with van der Waals surface area (Å²) in [5, 5.41) is -0.227. The van der Waals surface area contributed by atoms with Crippen LogP contribution in [0.15, 0.2) is 45.9 Å². The maximum Gasteiger partial charge on any atom is 0.297 e. The number of benzene rings is 1. The zero-order chi connectivity index (χ0) is 14.0. The molecule has 0 spiro atoms. The fraction of sp³-hybridized carbons (Fsp3) is 0.167. The summed E-state index contributed by atoms with van der Waals surface area (Å²) in [7, 11) is -2.53. The molecule has 1 aromatic heterocycles. The largest absolute Gasteiger partial charge is 0.447 e. The molecule has 0 aliphatic heterocycles. The van der Waals surface area contributed by atoms with Crippen molar-refractivity contribution in [1.29, 1.82) is 0 Å². The fourth-order valence-electron chi connectivity index (χ4n) is 1.51. The lowest BCUT2D eigenvalue weighted by molar-refractivity contribution is 0.425. The van der Waals surface area contributed by atoms with Crippen molar-refractivity contribution in [2.45, 2.75) is 11.0 Å². The molecule has 0 radical (unpaired) electrons. The summed E-state index contributed by atoms with van der Waals surface area (Å²) in [6.07, 6.45) is 0. The van der Waals surface area contributed by atoms with Crippen molar-refractivity contribution >= 4 is 27.3 Å². The van der Waals surface area contributed by atoms with Crippen LogP contribution in [0.5, 0.6) is 0 Å². The van der Waals surface area contributed by atoms with Crippen LogP contribution in [0.25, 0.3) is 0 Å². The first-order valence-corrected chi connectivity index (χ1v) is 7.32. The molecule has 0 bridgehead atoms. The molecule has 0 N–H and O–H groups in total. The molecular formula is C12H11ClFNO3S. The van der Waals surface area contributed by atoms with E-state index in [4.69, 9.17) is 16.0 Å². The minimum Gasteiger partial charge on any atom is -0.447 e. The highest BCUT2D eigenvalue weighted by Gasteiger charge is 2.25. The van der Waals surface area contributed by atoms with Crippen LogP contribution in [-0.4, -0.2) is 15.5 Å². The Balaban J connectivity index is 2.39. The summed E-state index contributed by atoms with van der Waals surface area (Å²) in [5.41, 5.74) is 0.212. The second-order valence-corrected chi connectivity index (χ2v) is 5.97. The Kier molecular flexibility index (Phi) is 3.82. The number of sulfonamides is 1. The van der Waals surface area contributed by atoms with Crippen LogP contribution < -0.4 is 4.31 Å². The third kappa shape index (κ3) is 2.74. The molecule has 0 fully saturated rings. The molecule has 0 aliphatic rings. The number of rotatable bonds is 4. The Hall–Kier alpha value is -1.53. The van der Waals surface area contributed by atoms with E-state index in [0.29, 0.717) is 5.76 Å². The molecular weight excluding hydrogens is 293 g/mol. The van der Waals surface area contributed by atoms with Gasteiger partial charge in [0, 0.05) is 7.05 Å². The lowest BCUT2D eigenvalue weighted by Crippen LogP contribution is -2.26. The average Bonchev–Trinajstić information content (AvgIpc) is 2.87. The molecule has 102 valence electrons. The van der Waals surface area contributed by atoms with E-state index in [1.54, 1.807) is 0 Å². The number of hydrogen-bond donors (Lipinski definition) is 0. The van der Waals surface area contributed by atoms with E-state index in [2.05, 4.69) is 0 Å². The molecule has 1 heterocycles. The number of nitrogens with zero attached hydrogens (tertiary/aromatic N) is 1. The van der Waals surface area contributed by atoms with Gasteiger partial charge >= 0.3 is 0 Å². The van der Waals surface area contributed by atoms with Crippen LogP contribution in [-0.2, 0) is 15.9 Å². The highest BCUT2D eigenvalue weighted by molar-refractivity contribution is 7.92. The number of halogens is 2. The van der Waals surface area contributed by atoms with Gasteiger partial charge in [-0.1, -0.05) is 6.07 Å². The van der Waals surface area contributed by atoms with Crippen LogP contribution in [0.2, 0.25) is 0 Å². The Bertz CT molecular complexity index is 684. The maximum atomic E-state index is 13.1. The van der Waals surface area contributed by atoms with E-state index < -0.39 is 15.8 Å². The zero-order valence-electron chi connectivity index (χ0n) is 10.0. The first-order chi connectivity index (χ1) is 8.95. The molecule has 0 unspecified atom stereocenters. The van der Waals surface area contributed by atoms with Crippen molar-refractivity contribution in [3.8, 4) is 0 Å². The second kappa shape index (κ2) is 5.22. The van der Waals surface area contributed by atoms with Crippen LogP contribution in [0.4, 0.5) is 10.1 Å². The van der Waals surface area contributed by atoms with Crippen molar-refractivity contribution < 1.29 is 17.2 Å². The number of alkyl halides is 1. The minimum absolute atomic E-state index is 0.0825. The van der Waals surface area contributed by atoms with Crippen molar-refractivity contribution in [3.05, 3.63) is 48.0 Å². The summed E-state index contributed by atoms with van der Waals surface area (Å²) in [6.45, 7) is 0. The molecule has 1 aromatic carbocycles. The molecule has 0 saturated heterocycles. The summed E-state index contributed by atoms with van der Waals surface area (Å²) in [5.74, 6) is -0.0764. The minimum atomic E-state index is -3.86. The van der Waals surface area contributed by atoms with Gasteiger partial charge in [-0.3, -0.25) is 4.31 Å². The Morgan fingerprint density at radius 2 is 2.05 bits per heavy atom. The normalized spacial score (nSPS) is 11.5. The lowest BCUT2D eigenvalue weighted by Gasteiger charge is -2.17. The smallest absolute Gasteiger partial charge is 0.297 e. The van der Waals surface area contributed by atoms with Crippen LogP contribution in [0.3, 0.4) is 0 Å².